The van der Waals surface area contributed by atoms with Crippen LogP contribution in [0.3, 0.4) is 0 Å². The van der Waals surface area contributed by atoms with Crippen LogP contribution in [0.4, 0.5) is 20.2 Å². The summed E-state index contributed by atoms with van der Waals surface area (Å²) in [5, 5.41) is 0. The molecule has 0 amide bonds. The van der Waals surface area contributed by atoms with Crippen LogP contribution >= 0.6 is 0 Å². The molecule has 3 N–H and O–H groups in total. The monoisotopic (exact) mass is 312 g/mol. The number of nitrogens with one attached hydrogen (secondary N) is 1. The Labute approximate surface area is 121 Å². The molecule has 0 atom stereocenters. The number of halogens is 2. The Hall–Kier alpha value is -2.15. The van der Waals surface area contributed by atoms with Gasteiger partial charge in [-0.05, 0) is 30.2 Å². The van der Waals surface area contributed by atoms with Crippen LogP contribution in [-0.2, 0) is 16.4 Å². The van der Waals surface area contributed by atoms with E-state index in [9.17, 15) is 17.2 Å². The molecule has 0 fully saturated rings. The molecule has 0 unspecified atom stereocenters. The van der Waals surface area contributed by atoms with Crippen LogP contribution in [0.25, 0.3) is 0 Å². The van der Waals surface area contributed by atoms with Crippen LogP contribution in [0.1, 0.15) is 12.5 Å². The van der Waals surface area contributed by atoms with E-state index in [1.54, 1.807) is 18.2 Å². The van der Waals surface area contributed by atoms with Crippen molar-refractivity contribution in [3.8, 4) is 0 Å². The molecule has 0 aliphatic heterocycles. The van der Waals surface area contributed by atoms with E-state index >= 15 is 0 Å². The van der Waals surface area contributed by atoms with E-state index in [2.05, 4.69) is 4.72 Å². The second kappa shape index (κ2) is 5.69. The highest BCUT2D eigenvalue weighted by Gasteiger charge is 2.20. The quantitative estimate of drug-likeness (QED) is 0.853. The van der Waals surface area contributed by atoms with Crippen molar-refractivity contribution >= 4 is 21.4 Å². The molecule has 2 aromatic rings. The summed E-state index contributed by atoms with van der Waals surface area (Å²) in [4.78, 5) is 0.0507. The number of hydrogen-bond donors (Lipinski definition) is 2. The van der Waals surface area contributed by atoms with Gasteiger partial charge >= 0.3 is 0 Å². The fourth-order valence-electron chi connectivity index (χ4n) is 1.91. The van der Waals surface area contributed by atoms with E-state index in [4.69, 9.17) is 5.73 Å². The molecule has 0 radical (unpaired) electrons. The summed E-state index contributed by atoms with van der Waals surface area (Å²) < 4.78 is 53.6. The largest absolute Gasteiger partial charge is 0.394 e. The van der Waals surface area contributed by atoms with Gasteiger partial charge in [-0.1, -0.05) is 25.1 Å². The van der Waals surface area contributed by atoms with Crippen molar-refractivity contribution in [1.29, 1.82) is 0 Å². The van der Waals surface area contributed by atoms with Crippen molar-refractivity contribution in [2.24, 2.45) is 0 Å². The number of sulfonamides is 1. The van der Waals surface area contributed by atoms with Gasteiger partial charge < -0.3 is 5.73 Å². The van der Waals surface area contributed by atoms with Gasteiger partial charge in [0.15, 0.2) is 5.82 Å². The maximum atomic E-state index is 13.8. The van der Waals surface area contributed by atoms with Crippen molar-refractivity contribution in [2.45, 2.75) is 18.2 Å². The first-order valence-corrected chi connectivity index (χ1v) is 7.69. The zero-order valence-electron chi connectivity index (χ0n) is 11.2. The lowest BCUT2D eigenvalue weighted by molar-refractivity contribution is 0.589. The highest BCUT2D eigenvalue weighted by atomic mass is 32.2. The Morgan fingerprint density at radius 1 is 1.14 bits per heavy atom. The predicted octanol–water partition coefficient (Wildman–Crippen LogP) is 2.91. The van der Waals surface area contributed by atoms with Crippen LogP contribution in [-0.4, -0.2) is 8.42 Å². The third-order valence-corrected chi connectivity index (χ3v) is 4.48. The third-order valence-electron chi connectivity index (χ3n) is 3.01. The molecular weight excluding hydrogens is 298 g/mol. The molecule has 7 heteroatoms. The average molecular weight is 312 g/mol. The summed E-state index contributed by atoms with van der Waals surface area (Å²) in [6, 6.07) is 8.28. The second-order valence-electron chi connectivity index (χ2n) is 4.39. The molecule has 0 saturated carbocycles. The molecule has 21 heavy (non-hydrogen) atoms. The van der Waals surface area contributed by atoms with E-state index in [1.165, 1.54) is 6.07 Å². The molecule has 0 heterocycles. The molecule has 112 valence electrons. The van der Waals surface area contributed by atoms with Crippen molar-refractivity contribution in [1.82, 2.24) is 0 Å². The number of nitrogen functional groups attached to an aromatic ring is 1. The Morgan fingerprint density at radius 2 is 1.81 bits per heavy atom. The summed E-state index contributed by atoms with van der Waals surface area (Å²) in [5.74, 6) is -2.07. The lowest BCUT2D eigenvalue weighted by atomic mass is 10.2. The van der Waals surface area contributed by atoms with Crippen LogP contribution in [0.5, 0.6) is 0 Å². The van der Waals surface area contributed by atoms with Crippen LogP contribution in [0, 0.1) is 11.6 Å². The zero-order valence-corrected chi connectivity index (χ0v) is 12.0. The Balaban J connectivity index is 2.45. The topological polar surface area (TPSA) is 72.2 Å². The Bertz CT molecular complexity index is 777. The highest BCUT2D eigenvalue weighted by molar-refractivity contribution is 7.92. The van der Waals surface area contributed by atoms with E-state index < -0.39 is 27.3 Å². The fourth-order valence-corrected chi connectivity index (χ4v) is 3.28. The van der Waals surface area contributed by atoms with Gasteiger partial charge in [0.05, 0.1) is 10.6 Å². The lowest BCUT2D eigenvalue weighted by Crippen LogP contribution is -2.16. The van der Waals surface area contributed by atoms with Crippen molar-refractivity contribution in [3.63, 3.8) is 0 Å². The van der Waals surface area contributed by atoms with Gasteiger partial charge in [0, 0.05) is 0 Å². The number of nitrogens with two attached hydrogens (primary N) is 1. The second-order valence-corrected chi connectivity index (χ2v) is 6.04. The Kier molecular flexibility index (Phi) is 4.13. The molecule has 2 rings (SSSR count). The summed E-state index contributed by atoms with van der Waals surface area (Å²) in [7, 11) is -3.98. The van der Waals surface area contributed by atoms with Crippen molar-refractivity contribution < 1.29 is 17.2 Å². The minimum atomic E-state index is -3.98. The first-order chi connectivity index (χ1) is 9.86. The van der Waals surface area contributed by atoms with Gasteiger partial charge in [0.2, 0.25) is 0 Å². The number of aryl methyl sites for hydroxylation is 1. The number of benzene rings is 2. The number of anilines is 2. The fraction of sp³-hybridized carbons (Fsp3) is 0.143. The first-order valence-electron chi connectivity index (χ1n) is 6.21. The number of rotatable bonds is 4. The van der Waals surface area contributed by atoms with E-state index in [-0.39, 0.29) is 10.6 Å². The normalized spacial score (nSPS) is 11.4. The van der Waals surface area contributed by atoms with Crippen LogP contribution < -0.4 is 10.5 Å². The molecule has 2 aromatic carbocycles. The maximum Gasteiger partial charge on any atom is 0.262 e. The molecule has 0 aliphatic rings. The standard InChI is InChI=1S/C14H14F2N2O2S/c1-2-9-5-3-4-6-12(9)21(19,20)18-11-8-7-10(15)14(17)13(11)16/h3-8,18H,2,17H2,1H3. The third kappa shape index (κ3) is 2.97. The maximum absolute atomic E-state index is 13.8. The van der Waals surface area contributed by atoms with Gasteiger partial charge in [-0.2, -0.15) is 0 Å². The van der Waals surface area contributed by atoms with Crippen molar-refractivity contribution in [3.05, 3.63) is 53.6 Å². The average Bonchev–Trinajstić information content (AvgIpc) is 2.48. The molecule has 0 bridgehead atoms. The first kappa shape index (κ1) is 15.2. The van der Waals surface area contributed by atoms with Crippen molar-refractivity contribution in [2.75, 3.05) is 10.5 Å². The minimum Gasteiger partial charge on any atom is -0.394 e. The minimum absolute atomic E-state index is 0.0507. The molecular formula is C14H14F2N2O2S. The van der Waals surface area contributed by atoms with Gasteiger partial charge in [-0.15, -0.1) is 0 Å². The van der Waals surface area contributed by atoms with Crippen LogP contribution in [0.15, 0.2) is 41.3 Å². The zero-order chi connectivity index (χ0) is 15.6. The smallest absolute Gasteiger partial charge is 0.262 e. The van der Waals surface area contributed by atoms with E-state index in [1.807, 2.05) is 6.92 Å². The molecule has 0 aliphatic carbocycles. The highest BCUT2D eigenvalue weighted by Crippen LogP contribution is 2.26. The van der Waals surface area contributed by atoms with Gasteiger partial charge in [0.25, 0.3) is 10.0 Å². The van der Waals surface area contributed by atoms with E-state index in [0.29, 0.717) is 12.0 Å². The SMILES string of the molecule is CCc1ccccc1S(=O)(=O)Nc1ccc(F)c(N)c1F. The van der Waals surface area contributed by atoms with Crippen LogP contribution in [0.2, 0.25) is 0 Å². The predicted molar refractivity (Wildman–Crippen MR) is 77.4 cm³/mol. The number of hydrogen-bond acceptors (Lipinski definition) is 3. The summed E-state index contributed by atoms with van der Waals surface area (Å²) in [5.41, 5.74) is 4.70. The molecule has 4 nitrogen and oxygen atoms in total. The molecule has 0 saturated heterocycles. The summed E-state index contributed by atoms with van der Waals surface area (Å²) in [6.07, 6.45) is 0.505. The van der Waals surface area contributed by atoms with Gasteiger partial charge in [-0.25, -0.2) is 17.2 Å². The summed E-state index contributed by atoms with van der Waals surface area (Å²) >= 11 is 0. The Morgan fingerprint density at radius 3 is 2.48 bits per heavy atom. The summed E-state index contributed by atoms with van der Waals surface area (Å²) in [6.45, 7) is 1.81. The van der Waals surface area contributed by atoms with E-state index in [0.717, 1.165) is 12.1 Å². The van der Waals surface area contributed by atoms with Gasteiger partial charge in [-0.3, -0.25) is 4.72 Å². The van der Waals surface area contributed by atoms with Gasteiger partial charge in [0.1, 0.15) is 11.5 Å². The lowest BCUT2D eigenvalue weighted by Gasteiger charge is -2.12. The molecule has 0 aromatic heterocycles. The molecule has 0 spiro atoms.